The van der Waals surface area contributed by atoms with Gasteiger partial charge in [-0.25, -0.2) is 9.78 Å². The molecular weight excluding hydrogens is 218 g/mol. The van der Waals surface area contributed by atoms with Crippen LogP contribution in [0.1, 0.15) is 17.3 Å². The molecule has 1 rings (SSSR count). The number of rotatable bonds is 6. The molecule has 1 aromatic rings. The summed E-state index contributed by atoms with van der Waals surface area (Å²) in [7, 11) is 3.87. The van der Waals surface area contributed by atoms with E-state index in [0.717, 1.165) is 18.9 Å². The first kappa shape index (κ1) is 13.4. The van der Waals surface area contributed by atoms with Gasteiger partial charge >= 0.3 is 5.97 Å². The lowest BCUT2D eigenvalue weighted by atomic mass is 10.3. The van der Waals surface area contributed by atoms with E-state index in [2.05, 4.69) is 10.3 Å². The van der Waals surface area contributed by atoms with Gasteiger partial charge in [-0.1, -0.05) is 0 Å². The number of hydrogen-bond acceptors (Lipinski definition) is 5. The molecule has 1 aromatic heterocycles. The minimum atomic E-state index is -0.329. The molecule has 5 nitrogen and oxygen atoms in total. The molecule has 17 heavy (non-hydrogen) atoms. The minimum Gasteiger partial charge on any atom is -0.462 e. The van der Waals surface area contributed by atoms with E-state index in [1.165, 1.54) is 0 Å². The molecule has 0 saturated carbocycles. The summed E-state index contributed by atoms with van der Waals surface area (Å²) >= 11 is 0. The van der Waals surface area contributed by atoms with Crippen molar-refractivity contribution in [1.29, 1.82) is 0 Å². The second-order valence-electron chi connectivity index (χ2n) is 3.65. The lowest BCUT2D eigenvalue weighted by Gasteiger charge is -2.17. The molecule has 94 valence electrons. The van der Waals surface area contributed by atoms with Crippen molar-refractivity contribution in [3.8, 4) is 0 Å². The SMILES string of the molecule is CCOC(=O)c1ccc(N(C)CCNC)nc1. The molecule has 0 amide bonds. The third kappa shape index (κ3) is 4.03. The number of nitrogens with zero attached hydrogens (tertiary/aromatic N) is 2. The summed E-state index contributed by atoms with van der Waals surface area (Å²) in [5.41, 5.74) is 0.484. The summed E-state index contributed by atoms with van der Waals surface area (Å²) < 4.78 is 4.89. The molecule has 1 heterocycles. The van der Waals surface area contributed by atoms with Gasteiger partial charge in [-0.15, -0.1) is 0 Å². The zero-order chi connectivity index (χ0) is 12.7. The molecule has 0 fully saturated rings. The highest BCUT2D eigenvalue weighted by Gasteiger charge is 2.08. The lowest BCUT2D eigenvalue weighted by molar-refractivity contribution is 0.0526. The molecule has 0 aromatic carbocycles. The first-order valence-corrected chi connectivity index (χ1v) is 5.68. The van der Waals surface area contributed by atoms with Crippen LogP contribution in [0.25, 0.3) is 0 Å². The molecule has 0 aliphatic heterocycles. The first-order chi connectivity index (χ1) is 8.19. The van der Waals surface area contributed by atoms with Gasteiger partial charge in [0, 0.05) is 26.3 Å². The number of carbonyl (C=O) groups excluding carboxylic acids is 1. The van der Waals surface area contributed by atoms with E-state index in [9.17, 15) is 4.79 Å². The summed E-state index contributed by atoms with van der Waals surface area (Å²) in [4.78, 5) is 17.7. The smallest absolute Gasteiger partial charge is 0.339 e. The van der Waals surface area contributed by atoms with Gasteiger partial charge in [-0.05, 0) is 26.1 Å². The maximum absolute atomic E-state index is 11.4. The van der Waals surface area contributed by atoms with Crippen LogP contribution in [0.5, 0.6) is 0 Å². The number of pyridine rings is 1. The predicted octanol–water partition coefficient (Wildman–Crippen LogP) is 0.914. The summed E-state index contributed by atoms with van der Waals surface area (Å²) in [6, 6.07) is 3.55. The number of hydrogen-bond donors (Lipinski definition) is 1. The second-order valence-corrected chi connectivity index (χ2v) is 3.65. The number of aromatic nitrogens is 1. The van der Waals surface area contributed by atoms with Crippen LogP contribution in [0.3, 0.4) is 0 Å². The fourth-order valence-electron chi connectivity index (χ4n) is 1.34. The minimum absolute atomic E-state index is 0.329. The van der Waals surface area contributed by atoms with Crippen molar-refractivity contribution in [3.63, 3.8) is 0 Å². The summed E-state index contributed by atoms with van der Waals surface area (Å²) in [5, 5.41) is 3.07. The van der Waals surface area contributed by atoms with Gasteiger partial charge in [0.1, 0.15) is 5.82 Å². The molecular formula is C12H19N3O2. The normalized spacial score (nSPS) is 10.1. The molecule has 0 saturated heterocycles. The Hall–Kier alpha value is -1.62. The Morgan fingerprint density at radius 3 is 2.82 bits per heavy atom. The second kappa shape index (κ2) is 6.85. The van der Waals surface area contributed by atoms with Crippen LogP contribution in [-0.4, -0.2) is 44.7 Å². The number of ether oxygens (including phenoxy) is 1. The molecule has 0 bridgehead atoms. The van der Waals surface area contributed by atoms with E-state index in [1.807, 2.05) is 25.1 Å². The van der Waals surface area contributed by atoms with Crippen molar-refractivity contribution < 1.29 is 9.53 Å². The van der Waals surface area contributed by atoms with Crippen molar-refractivity contribution in [1.82, 2.24) is 10.3 Å². The van der Waals surface area contributed by atoms with E-state index in [4.69, 9.17) is 4.74 Å². The van der Waals surface area contributed by atoms with Crippen LogP contribution in [0, 0.1) is 0 Å². The molecule has 0 aliphatic carbocycles. The average molecular weight is 237 g/mol. The van der Waals surface area contributed by atoms with Crippen LogP contribution in [0.15, 0.2) is 18.3 Å². The molecule has 0 radical (unpaired) electrons. The van der Waals surface area contributed by atoms with Gasteiger partial charge < -0.3 is 15.0 Å². The first-order valence-electron chi connectivity index (χ1n) is 5.68. The van der Waals surface area contributed by atoms with Gasteiger partial charge in [0.25, 0.3) is 0 Å². The molecule has 0 aliphatic rings. The molecule has 5 heteroatoms. The van der Waals surface area contributed by atoms with E-state index >= 15 is 0 Å². The van der Waals surface area contributed by atoms with E-state index in [1.54, 1.807) is 19.2 Å². The third-order valence-electron chi connectivity index (χ3n) is 2.35. The van der Waals surface area contributed by atoms with Crippen molar-refractivity contribution in [3.05, 3.63) is 23.9 Å². The molecule has 0 atom stereocenters. The fraction of sp³-hybridized carbons (Fsp3) is 0.500. The quantitative estimate of drug-likeness (QED) is 0.745. The Morgan fingerprint density at radius 1 is 1.53 bits per heavy atom. The van der Waals surface area contributed by atoms with Crippen molar-refractivity contribution in [2.45, 2.75) is 6.92 Å². The average Bonchev–Trinajstić information content (AvgIpc) is 2.36. The Labute approximate surface area is 102 Å². The highest BCUT2D eigenvalue weighted by atomic mass is 16.5. The Bertz CT molecular complexity index is 351. The maximum Gasteiger partial charge on any atom is 0.339 e. The maximum atomic E-state index is 11.4. The fourth-order valence-corrected chi connectivity index (χ4v) is 1.34. The summed E-state index contributed by atoms with van der Waals surface area (Å²) in [5.74, 6) is 0.512. The standard InChI is InChI=1S/C12H19N3O2/c1-4-17-12(16)10-5-6-11(14-9-10)15(3)8-7-13-2/h5-6,9,13H,4,7-8H2,1-3H3. The predicted molar refractivity (Wildman–Crippen MR) is 67.4 cm³/mol. The molecule has 0 unspecified atom stereocenters. The number of likely N-dealkylation sites (N-methyl/N-ethyl adjacent to an activating group) is 2. The molecule has 0 spiro atoms. The zero-order valence-electron chi connectivity index (χ0n) is 10.6. The van der Waals surface area contributed by atoms with Crippen molar-refractivity contribution in [2.24, 2.45) is 0 Å². The van der Waals surface area contributed by atoms with Crippen molar-refractivity contribution >= 4 is 11.8 Å². The molecule has 1 N–H and O–H groups in total. The number of anilines is 1. The third-order valence-corrected chi connectivity index (χ3v) is 2.35. The number of nitrogens with one attached hydrogen (secondary N) is 1. The van der Waals surface area contributed by atoms with E-state index in [0.29, 0.717) is 12.2 Å². The largest absolute Gasteiger partial charge is 0.462 e. The monoisotopic (exact) mass is 237 g/mol. The Morgan fingerprint density at radius 2 is 2.29 bits per heavy atom. The summed E-state index contributed by atoms with van der Waals surface area (Å²) in [6.45, 7) is 3.91. The van der Waals surface area contributed by atoms with Crippen molar-refractivity contribution in [2.75, 3.05) is 38.7 Å². The zero-order valence-corrected chi connectivity index (χ0v) is 10.6. The highest BCUT2D eigenvalue weighted by molar-refractivity contribution is 5.89. The van der Waals surface area contributed by atoms with Gasteiger partial charge in [0.2, 0.25) is 0 Å². The van der Waals surface area contributed by atoms with Crippen LogP contribution >= 0.6 is 0 Å². The van der Waals surface area contributed by atoms with Crippen LogP contribution in [-0.2, 0) is 4.74 Å². The topological polar surface area (TPSA) is 54.5 Å². The van der Waals surface area contributed by atoms with Gasteiger partial charge in [0.05, 0.1) is 12.2 Å². The Kier molecular flexibility index (Phi) is 5.42. The van der Waals surface area contributed by atoms with Gasteiger partial charge in [-0.3, -0.25) is 0 Å². The summed E-state index contributed by atoms with van der Waals surface area (Å²) in [6.07, 6.45) is 1.54. The van der Waals surface area contributed by atoms with Gasteiger partial charge in [-0.2, -0.15) is 0 Å². The van der Waals surface area contributed by atoms with Crippen LogP contribution < -0.4 is 10.2 Å². The van der Waals surface area contributed by atoms with Gasteiger partial charge in [0.15, 0.2) is 0 Å². The van der Waals surface area contributed by atoms with Crippen LogP contribution in [0.2, 0.25) is 0 Å². The van der Waals surface area contributed by atoms with E-state index < -0.39 is 0 Å². The highest BCUT2D eigenvalue weighted by Crippen LogP contribution is 2.09. The Balaban J connectivity index is 2.64. The lowest BCUT2D eigenvalue weighted by Crippen LogP contribution is -2.27. The van der Waals surface area contributed by atoms with Crippen LogP contribution in [0.4, 0.5) is 5.82 Å². The number of carbonyl (C=O) groups is 1. The number of esters is 1. The van der Waals surface area contributed by atoms with E-state index in [-0.39, 0.29) is 5.97 Å².